The number of halogens is 1. The predicted octanol–water partition coefficient (Wildman–Crippen LogP) is 4.43. The number of thiophene rings is 1. The van der Waals surface area contributed by atoms with Gasteiger partial charge in [-0.25, -0.2) is 4.39 Å². The second-order valence-corrected chi connectivity index (χ2v) is 7.22. The average Bonchev–Trinajstić information content (AvgIpc) is 3.21. The van der Waals surface area contributed by atoms with Crippen LogP contribution in [0.2, 0.25) is 0 Å². The van der Waals surface area contributed by atoms with Gasteiger partial charge in [0.05, 0.1) is 13.0 Å². The number of ether oxygens (including phenoxy) is 2. The maximum Gasteiger partial charge on any atom is 0.231 e. The summed E-state index contributed by atoms with van der Waals surface area (Å²) in [6, 6.07) is 15.5. The molecule has 2 heterocycles. The molecule has 0 radical (unpaired) electrons. The Balaban J connectivity index is 1.62. The number of rotatable bonds is 5. The number of hydrogen-bond acceptors (Lipinski definition) is 4. The molecule has 0 unspecified atom stereocenters. The van der Waals surface area contributed by atoms with E-state index in [1.807, 2.05) is 35.7 Å². The topological polar surface area (TPSA) is 38.8 Å². The van der Waals surface area contributed by atoms with Crippen LogP contribution in [-0.2, 0) is 17.8 Å². The second-order valence-electron chi connectivity index (χ2n) is 6.19. The van der Waals surface area contributed by atoms with E-state index in [9.17, 15) is 9.18 Å². The first-order valence-corrected chi connectivity index (χ1v) is 9.54. The van der Waals surface area contributed by atoms with Crippen LogP contribution in [0.3, 0.4) is 0 Å². The van der Waals surface area contributed by atoms with E-state index < -0.39 is 0 Å². The highest BCUT2D eigenvalue weighted by molar-refractivity contribution is 7.09. The smallest absolute Gasteiger partial charge is 0.231 e. The first-order chi connectivity index (χ1) is 13.2. The Kier molecular flexibility index (Phi) is 5.07. The van der Waals surface area contributed by atoms with Crippen molar-refractivity contribution in [3.63, 3.8) is 0 Å². The zero-order valence-electron chi connectivity index (χ0n) is 14.6. The van der Waals surface area contributed by atoms with Crippen molar-refractivity contribution >= 4 is 22.9 Å². The molecule has 27 heavy (non-hydrogen) atoms. The third-order valence-electron chi connectivity index (χ3n) is 4.30. The summed E-state index contributed by atoms with van der Waals surface area (Å²) in [4.78, 5) is 15.9. The largest absolute Gasteiger partial charge is 0.486 e. The zero-order valence-corrected chi connectivity index (χ0v) is 15.4. The van der Waals surface area contributed by atoms with Gasteiger partial charge in [-0.3, -0.25) is 4.79 Å². The summed E-state index contributed by atoms with van der Waals surface area (Å²) in [7, 11) is 0. The van der Waals surface area contributed by atoms with Crippen LogP contribution in [0.4, 0.5) is 10.1 Å². The zero-order chi connectivity index (χ0) is 18.6. The Morgan fingerprint density at radius 1 is 1.04 bits per heavy atom. The molecule has 4 rings (SSSR count). The number of amides is 1. The standard InChI is InChI=1S/C21H18FNO3S/c22-16-5-3-15(4-6-16)12-21(24)23(14-18-2-1-11-27-18)17-7-8-19-20(13-17)26-10-9-25-19/h1-8,11,13H,9-10,12,14H2. The molecule has 0 spiro atoms. The second kappa shape index (κ2) is 7.80. The molecule has 3 aromatic rings. The normalized spacial score (nSPS) is 12.6. The minimum atomic E-state index is -0.312. The Labute approximate surface area is 160 Å². The van der Waals surface area contributed by atoms with E-state index in [2.05, 4.69) is 0 Å². The molecule has 0 N–H and O–H groups in total. The molecule has 0 saturated carbocycles. The summed E-state index contributed by atoms with van der Waals surface area (Å²) in [5.74, 6) is 0.955. The molecular weight excluding hydrogens is 365 g/mol. The third kappa shape index (κ3) is 4.11. The van der Waals surface area contributed by atoms with Gasteiger partial charge in [-0.15, -0.1) is 11.3 Å². The first kappa shape index (κ1) is 17.5. The number of benzene rings is 2. The van der Waals surface area contributed by atoms with Gasteiger partial charge >= 0.3 is 0 Å². The number of hydrogen-bond donors (Lipinski definition) is 0. The van der Waals surface area contributed by atoms with Crippen molar-refractivity contribution < 1.29 is 18.7 Å². The van der Waals surface area contributed by atoms with Crippen LogP contribution in [0, 0.1) is 5.82 Å². The lowest BCUT2D eigenvalue weighted by Gasteiger charge is -2.25. The van der Waals surface area contributed by atoms with E-state index in [-0.39, 0.29) is 18.1 Å². The summed E-state index contributed by atoms with van der Waals surface area (Å²) in [6.45, 7) is 1.48. The minimum Gasteiger partial charge on any atom is -0.486 e. The van der Waals surface area contributed by atoms with Gasteiger partial charge in [0.15, 0.2) is 11.5 Å². The minimum absolute atomic E-state index is 0.0633. The molecule has 0 bridgehead atoms. The van der Waals surface area contributed by atoms with Gasteiger partial charge in [0.1, 0.15) is 19.0 Å². The van der Waals surface area contributed by atoms with E-state index in [0.29, 0.717) is 31.3 Å². The summed E-state index contributed by atoms with van der Waals surface area (Å²) < 4.78 is 24.4. The molecule has 138 valence electrons. The number of carbonyl (C=O) groups excluding carboxylic acids is 1. The van der Waals surface area contributed by atoms with Crippen LogP contribution in [-0.4, -0.2) is 19.1 Å². The predicted molar refractivity (Wildman–Crippen MR) is 103 cm³/mol. The Morgan fingerprint density at radius 2 is 1.81 bits per heavy atom. The Bertz CT molecular complexity index is 925. The average molecular weight is 383 g/mol. The molecule has 1 aromatic heterocycles. The monoisotopic (exact) mass is 383 g/mol. The van der Waals surface area contributed by atoms with Crippen molar-refractivity contribution in [2.45, 2.75) is 13.0 Å². The maximum absolute atomic E-state index is 13.1. The molecule has 1 aliphatic rings. The molecule has 0 fully saturated rings. The van der Waals surface area contributed by atoms with Crippen LogP contribution in [0.1, 0.15) is 10.4 Å². The van der Waals surface area contributed by atoms with Gasteiger partial charge in [0, 0.05) is 16.6 Å². The lowest BCUT2D eigenvalue weighted by molar-refractivity contribution is -0.118. The van der Waals surface area contributed by atoms with Crippen molar-refractivity contribution in [1.29, 1.82) is 0 Å². The number of nitrogens with zero attached hydrogens (tertiary/aromatic N) is 1. The summed E-state index contributed by atoms with van der Waals surface area (Å²) in [6.07, 6.45) is 0.195. The molecule has 0 saturated heterocycles. The van der Waals surface area contributed by atoms with Gasteiger partial charge < -0.3 is 14.4 Å². The van der Waals surface area contributed by atoms with Gasteiger partial charge in [0.25, 0.3) is 0 Å². The number of fused-ring (bicyclic) bond motifs is 1. The lowest BCUT2D eigenvalue weighted by atomic mass is 10.1. The molecule has 1 aliphatic heterocycles. The first-order valence-electron chi connectivity index (χ1n) is 8.66. The SMILES string of the molecule is O=C(Cc1ccc(F)cc1)N(Cc1cccs1)c1ccc2c(c1)OCCO2. The summed E-state index contributed by atoms with van der Waals surface area (Å²) in [5, 5.41) is 1.99. The van der Waals surface area contributed by atoms with Crippen molar-refractivity contribution in [3.8, 4) is 11.5 Å². The highest BCUT2D eigenvalue weighted by atomic mass is 32.1. The van der Waals surface area contributed by atoms with Gasteiger partial charge in [-0.05, 0) is 41.3 Å². The maximum atomic E-state index is 13.1. The van der Waals surface area contributed by atoms with Gasteiger partial charge in [-0.2, -0.15) is 0 Å². The molecular formula is C21H18FNO3S. The van der Waals surface area contributed by atoms with E-state index in [1.165, 1.54) is 12.1 Å². The highest BCUT2D eigenvalue weighted by Gasteiger charge is 2.20. The van der Waals surface area contributed by atoms with Crippen molar-refractivity contribution in [1.82, 2.24) is 0 Å². The van der Waals surface area contributed by atoms with Gasteiger partial charge in [-0.1, -0.05) is 18.2 Å². The number of anilines is 1. The van der Waals surface area contributed by atoms with Crippen LogP contribution in [0.15, 0.2) is 60.0 Å². The molecule has 0 atom stereocenters. The Hall–Kier alpha value is -2.86. The van der Waals surface area contributed by atoms with E-state index in [0.717, 1.165) is 16.1 Å². The fourth-order valence-corrected chi connectivity index (χ4v) is 3.65. The van der Waals surface area contributed by atoms with E-state index in [1.54, 1.807) is 28.4 Å². The Morgan fingerprint density at radius 3 is 2.56 bits per heavy atom. The van der Waals surface area contributed by atoms with Crippen LogP contribution >= 0.6 is 11.3 Å². The van der Waals surface area contributed by atoms with Crippen LogP contribution in [0.25, 0.3) is 0 Å². The third-order valence-corrected chi connectivity index (χ3v) is 5.16. The van der Waals surface area contributed by atoms with Gasteiger partial charge in [0.2, 0.25) is 5.91 Å². The fourth-order valence-electron chi connectivity index (χ4n) is 2.95. The highest BCUT2D eigenvalue weighted by Crippen LogP contribution is 2.35. The quantitative estimate of drug-likeness (QED) is 0.654. The molecule has 4 nitrogen and oxygen atoms in total. The summed E-state index contributed by atoms with van der Waals surface area (Å²) >= 11 is 1.60. The summed E-state index contributed by atoms with van der Waals surface area (Å²) in [5.41, 5.74) is 1.52. The van der Waals surface area contributed by atoms with Crippen LogP contribution < -0.4 is 14.4 Å². The van der Waals surface area contributed by atoms with E-state index in [4.69, 9.17) is 9.47 Å². The van der Waals surface area contributed by atoms with Crippen molar-refractivity contribution in [3.05, 3.63) is 76.2 Å². The number of carbonyl (C=O) groups is 1. The lowest BCUT2D eigenvalue weighted by Crippen LogP contribution is -2.31. The van der Waals surface area contributed by atoms with Crippen molar-refractivity contribution in [2.75, 3.05) is 18.1 Å². The molecule has 6 heteroatoms. The molecule has 2 aromatic carbocycles. The van der Waals surface area contributed by atoms with Crippen LogP contribution in [0.5, 0.6) is 11.5 Å². The molecule has 1 amide bonds. The molecule has 0 aliphatic carbocycles. The van der Waals surface area contributed by atoms with E-state index >= 15 is 0 Å². The fraction of sp³-hybridized carbons (Fsp3) is 0.190. The van der Waals surface area contributed by atoms with Crippen molar-refractivity contribution in [2.24, 2.45) is 0 Å².